The predicted octanol–water partition coefficient (Wildman–Crippen LogP) is 18.9. The van der Waals surface area contributed by atoms with Crippen LogP contribution >= 0.6 is 11.3 Å². The maximum absolute atomic E-state index is 7.40. The smallest absolute Gasteiger partial charge is 0.333 e. The van der Waals surface area contributed by atoms with Gasteiger partial charge in [0, 0.05) is 87.0 Å². The van der Waals surface area contributed by atoms with E-state index in [0.717, 1.165) is 33.6 Å². The standard InChI is InChI=1S/C70H64BN3OS/c1-67(2,3)41-21-28-45(29-22-41)72(46-30-23-42(24-31-46)68(4,5)6)48-34-35-50-56(38-48)73-55-36-27-44(70(10,11)12)37-54(55)71-64-63(66-62(61(50)65(64)73)51-18-13-15-19-58(51)75-66)53-39-52-49-17-14-16-20-59(49)76-60(52)40-57(53)74(71)47-32-25-43(26-33-47)69(7,8)9/h13-40H,1-12H3. The minimum absolute atomic E-state index is 0.00735. The Morgan fingerprint density at radius 3 is 1.66 bits per heavy atom. The molecule has 14 rings (SSSR count). The van der Waals surface area contributed by atoms with Crippen LogP contribution < -0.4 is 20.6 Å². The van der Waals surface area contributed by atoms with Gasteiger partial charge >= 0.3 is 6.85 Å². The summed E-state index contributed by atoms with van der Waals surface area (Å²) in [7, 11) is 0. The number of hydrogen-bond donors (Lipinski definition) is 0. The van der Waals surface area contributed by atoms with E-state index in [9.17, 15) is 0 Å². The van der Waals surface area contributed by atoms with Gasteiger partial charge in [0.1, 0.15) is 11.2 Å². The lowest BCUT2D eigenvalue weighted by molar-refractivity contribution is 0.590. The fraction of sp³-hybridized carbons (Fsp3) is 0.229. The molecule has 12 aromatic rings. The van der Waals surface area contributed by atoms with Crippen LogP contribution in [0.3, 0.4) is 0 Å². The fourth-order valence-electron chi connectivity index (χ4n) is 12.7. The molecular formula is C70H64BN3OS. The van der Waals surface area contributed by atoms with Crippen molar-refractivity contribution in [2.24, 2.45) is 0 Å². The molecule has 0 unspecified atom stereocenters. The third-order valence-electron chi connectivity index (χ3n) is 16.8. The molecule has 0 spiro atoms. The fourth-order valence-corrected chi connectivity index (χ4v) is 13.8. The van der Waals surface area contributed by atoms with Gasteiger partial charge in [0.15, 0.2) is 0 Å². The molecule has 4 nitrogen and oxygen atoms in total. The van der Waals surface area contributed by atoms with Crippen LogP contribution in [0.4, 0.5) is 28.4 Å². The molecule has 0 radical (unpaired) electrons. The average molecular weight is 1010 g/mol. The Balaban J connectivity index is 1.14. The highest BCUT2D eigenvalue weighted by atomic mass is 32.1. The first-order valence-electron chi connectivity index (χ1n) is 27.2. The normalized spacial score (nSPS) is 13.7. The van der Waals surface area contributed by atoms with Crippen molar-refractivity contribution in [3.63, 3.8) is 0 Å². The minimum atomic E-state index is -0.178. The molecule has 374 valence electrons. The van der Waals surface area contributed by atoms with E-state index in [1.807, 2.05) is 11.3 Å². The second-order valence-corrected chi connectivity index (χ2v) is 26.9. The van der Waals surface area contributed by atoms with Crippen molar-refractivity contribution in [2.45, 2.75) is 105 Å². The van der Waals surface area contributed by atoms with Crippen molar-refractivity contribution < 1.29 is 4.42 Å². The van der Waals surface area contributed by atoms with Gasteiger partial charge in [0.2, 0.25) is 0 Å². The third-order valence-corrected chi connectivity index (χ3v) is 17.9. The van der Waals surface area contributed by atoms with Gasteiger partial charge in [0.05, 0.1) is 11.0 Å². The van der Waals surface area contributed by atoms with Gasteiger partial charge < -0.3 is 18.7 Å². The monoisotopic (exact) mass is 1010 g/mol. The lowest BCUT2D eigenvalue weighted by Gasteiger charge is -2.42. The quantitative estimate of drug-likeness (QED) is 0.164. The summed E-state index contributed by atoms with van der Waals surface area (Å²) in [6.45, 7) is 27.5. The van der Waals surface area contributed by atoms with Crippen LogP contribution in [0.5, 0.6) is 0 Å². The van der Waals surface area contributed by atoms with Gasteiger partial charge in [-0.1, -0.05) is 174 Å². The van der Waals surface area contributed by atoms with Crippen LogP contribution in [-0.2, 0) is 21.7 Å². The van der Waals surface area contributed by atoms with E-state index in [-0.39, 0.29) is 28.5 Å². The Kier molecular flexibility index (Phi) is 9.89. The first kappa shape index (κ1) is 47.0. The van der Waals surface area contributed by atoms with Crippen LogP contribution in [0.25, 0.3) is 80.7 Å². The summed E-state index contributed by atoms with van der Waals surface area (Å²) in [5.74, 6) is 0. The van der Waals surface area contributed by atoms with Crippen LogP contribution in [-0.4, -0.2) is 11.4 Å². The molecule has 0 atom stereocenters. The number of anilines is 5. The molecule has 0 saturated heterocycles. The maximum Gasteiger partial charge on any atom is 0.333 e. The molecule has 76 heavy (non-hydrogen) atoms. The largest absolute Gasteiger partial charge is 0.455 e. The molecule has 5 heterocycles. The van der Waals surface area contributed by atoms with E-state index in [1.54, 1.807) is 0 Å². The molecule has 0 amide bonds. The number of aromatic nitrogens is 1. The van der Waals surface area contributed by atoms with Crippen molar-refractivity contribution in [3.05, 3.63) is 192 Å². The van der Waals surface area contributed by atoms with Crippen molar-refractivity contribution in [1.29, 1.82) is 0 Å². The second-order valence-electron chi connectivity index (χ2n) is 25.8. The Hall–Kier alpha value is -7.54. The molecule has 6 heteroatoms. The highest BCUT2D eigenvalue weighted by Crippen LogP contribution is 2.54. The van der Waals surface area contributed by atoms with Gasteiger partial charge in [-0.3, -0.25) is 0 Å². The number of para-hydroxylation sites is 1. The molecule has 2 aliphatic heterocycles. The summed E-state index contributed by atoms with van der Waals surface area (Å²) in [5.41, 5.74) is 21.4. The average Bonchev–Trinajstić information content (AvgIpc) is 3.75. The summed E-state index contributed by atoms with van der Waals surface area (Å²) < 4.78 is 12.6. The molecule has 0 bridgehead atoms. The van der Waals surface area contributed by atoms with Gasteiger partial charge in [-0.15, -0.1) is 11.3 Å². The summed E-state index contributed by atoms with van der Waals surface area (Å²) in [6, 6.07) is 65.1. The number of fused-ring (bicyclic) bond motifs is 16. The lowest BCUT2D eigenvalue weighted by atomic mass is 9.43. The summed E-state index contributed by atoms with van der Waals surface area (Å²) in [5, 5.41) is 7.32. The van der Waals surface area contributed by atoms with Crippen molar-refractivity contribution >= 4 is 121 Å². The van der Waals surface area contributed by atoms with Gasteiger partial charge in [-0.2, -0.15) is 0 Å². The summed E-state index contributed by atoms with van der Waals surface area (Å²) in [6.07, 6.45) is 0. The molecule has 0 aliphatic carbocycles. The molecule has 0 saturated carbocycles. The molecule has 0 N–H and O–H groups in total. The van der Waals surface area contributed by atoms with E-state index in [4.69, 9.17) is 4.42 Å². The maximum atomic E-state index is 7.40. The molecule has 0 fully saturated rings. The number of rotatable bonds is 4. The third kappa shape index (κ3) is 6.95. The SMILES string of the molecule is CC(C)(C)c1ccc(N2B3c4cc(C(C)(C)C)ccc4-n4c5cc(N(c6ccc(C(C)(C)C)cc6)c6ccc(C(C)(C)C)cc6)ccc5c5c6c(oc7ccccc76)c(c3c54)-c3cc4c(cc32)sc2ccccc24)cc1. The molecule has 3 aromatic heterocycles. The zero-order valence-electron chi connectivity index (χ0n) is 45.9. The number of hydrogen-bond acceptors (Lipinski definition) is 4. The van der Waals surface area contributed by atoms with Crippen molar-refractivity contribution in [1.82, 2.24) is 4.57 Å². The van der Waals surface area contributed by atoms with Crippen molar-refractivity contribution in [2.75, 3.05) is 9.71 Å². The van der Waals surface area contributed by atoms with Crippen LogP contribution in [0, 0.1) is 0 Å². The Bertz CT molecular complexity index is 4310. The number of thiophene rings is 1. The first-order valence-corrected chi connectivity index (χ1v) is 28.0. The zero-order chi connectivity index (χ0) is 52.5. The highest BCUT2D eigenvalue weighted by Gasteiger charge is 2.47. The topological polar surface area (TPSA) is 24.6 Å². The van der Waals surface area contributed by atoms with E-state index in [0.29, 0.717) is 0 Å². The predicted molar refractivity (Wildman–Crippen MR) is 329 cm³/mol. The first-order chi connectivity index (χ1) is 36.2. The number of nitrogens with zero attached hydrogens (tertiary/aromatic N) is 3. The number of furan rings is 1. The summed E-state index contributed by atoms with van der Waals surface area (Å²) >= 11 is 1.89. The van der Waals surface area contributed by atoms with E-state index >= 15 is 0 Å². The molecule has 9 aromatic carbocycles. The Labute approximate surface area is 451 Å². The van der Waals surface area contributed by atoms with Gasteiger partial charge in [-0.25, -0.2) is 0 Å². The van der Waals surface area contributed by atoms with Gasteiger partial charge in [-0.05, 0) is 134 Å². The summed E-state index contributed by atoms with van der Waals surface area (Å²) in [4.78, 5) is 5.14. The second kappa shape index (κ2) is 16.0. The molecule has 2 aliphatic rings. The zero-order valence-corrected chi connectivity index (χ0v) is 46.7. The van der Waals surface area contributed by atoms with Crippen LogP contribution in [0.1, 0.15) is 105 Å². The number of benzene rings is 9. The Morgan fingerprint density at radius 1 is 0.461 bits per heavy atom. The van der Waals surface area contributed by atoms with Gasteiger partial charge in [0.25, 0.3) is 0 Å². The van der Waals surface area contributed by atoms with Crippen molar-refractivity contribution in [3.8, 4) is 16.8 Å². The lowest BCUT2D eigenvalue weighted by Crippen LogP contribution is -2.60. The van der Waals surface area contributed by atoms with E-state index < -0.39 is 0 Å². The molecular weight excluding hydrogens is 942 g/mol. The highest BCUT2D eigenvalue weighted by molar-refractivity contribution is 7.25. The minimum Gasteiger partial charge on any atom is -0.455 e. The van der Waals surface area contributed by atoms with E-state index in [1.165, 1.54) is 109 Å². The Morgan fingerprint density at radius 2 is 1.03 bits per heavy atom. The van der Waals surface area contributed by atoms with Crippen LogP contribution in [0.15, 0.2) is 174 Å². The van der Waals surface area contributed by atoms with E-state index in [2.05, 4.69) is 267 Å². The van der Waals surface area contributed by atoms with Crippen LogP contribution in [0.2, 0.25) is 0 Å².